The van der Waals surface area contributed by atoms with Crippen molar-refractivity contribution in [2.24, 2.45) is 17.6 Å². The Morgan fingerprint density at radius 2 is 1.73 bits per heavy atom. The highest BCUT2D eigenvalue weighted by Gasteiger charge is 2.34. The SMILES string of the molecule is CC(C)C(N)C(=O)NC(C(=O)NCC(=O)N1CCCC1C(=O)O)C(C)C. The van der Waals surface area contributed by atoms with Crippen LogP contribution in [0.15, 0.2) is 0 Å². The number of nitrogens with two attached hydrogens (primary N) is 1. The average molecular weight is 370 g/mol. The van der Waals surface area contributed by atoms with Crippen LogP contribution in [0.2, 0.25) is 0 Å². The van der Waals surface area contributed by atoms with Crippen LogP contribution >= 0.6 is 0 Å². The summed E-state index contributed by atoms with van der Waals surface area (Å²) >= 11 is 0. The number of carbonyl (C=O) groups is 4. The van der Waals surface area contributed by atoms with Gasteiger partial charge in [-0.15, -0.1) is 0 Å². The first kappa shape index (κ1) is 21.9. The molecule has 1 heterocycles. The Kier molecular flexibility index (Phi) is 8.01. The van der Waals surface area contributed by atoms with E-state index in [1.807, 2.05) is 13.8 Å². The molecule has 3 amide bonds. The smallest absolute Gasteiger partial charge is 0.326 e. The molecule has 0 bridgehead atoms. The van der Waals surface area contributed by atoms with Gasteiger partial charge in [-0.05, 0) is 24.7 Å². The summed E-state index contributed by atoms with van der Waals surface area (Å²) in [7, 11) is 0. The summed E-state index contributed by atoms with van der Waals surface area (Å²) in [5.74, 6) is -2.69. The molecule has 0 saturated carbocycles. The first-order chi connectivity index (χ1) is 12.1. The molecule has 26 heavy (non-hydrogen) atoms. The Balaban J connectivity index is 2.63. The molecule has 0 radical (unpaired) electrons. The highest BCUT2D eigenvalue weighted by atomic mass is 16.4. The molecule has 0 spiro atoms. The topological polar surface area (TPSA) is 142 Å². The Hall–Kier alpha value is -2.16. The number of likely N-dealkylation sites (tertiary alicyclic amines) is 1. The number of hydrogen-bond donors (Lipinski definition) is 4. The minimum atomic E-state index is -1.04. The number of rotatable bonds is 8. The molecule has 0 aromatic rings. The molecule has 0 aromatic carbocycles. The van der Waals surface area contributed by atoms with Crippen LogP contribution in [0.3, 0.4) is 0 Å². The second-order valence-corrected chi connectivity index (χ2v) is 7.30. The van der Waals surface area contributed by atoms with Crippen molar-refractivity contribution in [3.05, 3.63) is 0 Å². The Labute approximate surface area is 153 Å². The van der Waals surface area contributed by atoms with Gasteiger partial charge in [-0.3, -0.25) is 14.4 Å². The summed E-state index contributed by atoms with van der Waals surface area (Å²) in [5, 5.41) is 14.2. The van der Waals surface area contributed by atoms with Crippen molar-refractivity contribution in [1.29, 1.82) is 0 Å². The van der Waals surface area contributed by atoms with Gasteiger partial charge in [0.05, 0.1) is 12.6 Å². The fraction of sp³-hybridized carbons (Fsp3) is 0.765. The van der Waals surface area contributed by atoms with Crippen molar-refractivity contribution >= 4 is 23.7 Å². The molecule has 1 saturated heterocycles. The number of hydrogen-bond acceptors (Lipinski definition) is 5. The van der Waals surface area contributed by atoms with Crippen molar-refractivity contribution in [3.63, 3.8) is 0 Å². The van der Waals surface area contributed by atoms with Crippen molar-refractivity contribution in [2.75, 3.05) is 13.1 Å². The number of carboxylic acids is 1. The first-order valence-electron chi connectivity index (χ1n) is 8.92. The second-order valence-electron chi connectivity index (χ2n) is 7.30. The standard InChI is InChI=1S/C17H30N4O5/c1-9(2)13(18)15(23)20-14(10(3)4)16(24)19-8-12(22)21-7-5-6-11(21)17(25)26/h9-11,13-14H,5-8,18H2,1-4H3,(H,19,24)(H,20,23)(H,25,26). The number of carbonyl (C=O) groups excluding carboxylic acids is 3. The molecule has 3 unspecified atom stereocenters. The van der Waals surface area contributed by atoms with Crippen LogP contribution in [0.1, 0.15) is 40.5 Å². The molecule has 3 atom stereocenters. The van der Waals surface area contributed by atoms with E-state index in [0.29, 0.717) is 19.4 Å². The number of nitrogens with zero attached hydrogens (tertiary/aromatic N) is 1. The lowest BCUT2D eigenvalue weighted by atomic mass is 10.0. The van der Waals surface area contributed by atoms with Gasteiger partial charge in [-0.25, -0.2) is 4.79 Å². The Morgan fingerprint density at radius 1 is 1.12 bits per heavy atom. The zero-order valence-corrected chi connectivity index (χ0v) is 15.8. The van der Waals surface area contributed by atoms with Crippen LogP contribution in [0, 0.1) is 11.8 Å². The highest BCUT2D eigenvalue weighted by Crippen LogP contribution is 2.17. The molecule has 9 heteroatoms. The number of aliphatic carboxylic acids is 1. The molecule has 9 nitrogen and oxygen atoms in total. The molecule has 0 aromatic heterocycles. The summed E-state index contributed by atoms with van der Waals surface area (Å²) in [6.45, 7) is 7.21. The molecule has 148 valence electrons. The van der Waals surface area contributed by atoms with E-state index in [1.54, 1.807) is 13.8 Å². The van der Waals surface area contributed by atoms with E-state index in [4.69, 9.17) is 10.8 Å². The lowest BCUT2D eigenvalue weighted by molar-refractivity contribution is -0.148. The van der Waals surface area contributed by atoms with Gasteiger partial charge < -0.3 is 26.4 Å². The van der Waals surface area contributed by atoms with E-state index in [2.05, 4.69) is 10.6 Å². The Bertz CT molecular complexity index is 549. The predicted molar refractivity (Wildman–Crippen MR) is 95.0 cm³/mol. The molecule has 1 aliphatic rings. The lowest BCUT2D eigenvalue weighted by Crippen LogP contribution is -2.56. The average Bonchev–Trinajstić information content (AvgIpc) is 3.05. The monoisotopic (exact) mass is 370 g/mol. The largest absolute Gasteiger partial charge is 0.480 e. The third kappa shape index (κ3) is 5.69. The van der Waals surface area contributed by atoms with E-state index in [1.165, 1.54) is 4.90 Å². The molecular weight excluding hydrogens is 340 g/mol. The third-order valence-electron chi connectivity index (χ3n) is 4.54. The molecular formula is C17H30N4O5. The minimum Gasteiger partial charge on any atom is -0.480 e. The summed E-state index contributed by atoms with van der Waals surface area (Å²) < 4.78 is 0. The van der Waals surface area contributed by atoms with E-state index in [9.17, 15) is 19.2 Å². The number of amides is 3. The van der Waals surface area contributed by atoms with Crippen LogP contribution in [-0.2, 0) is 19.2 Å². The first-order valence-corrected chi connectivity index (χ1v) is 8.92. The molecule has 1 aliphatic heterocycles. The zero-order chi connectivity index (χ0) is 20.0. The maximum atomic E-state index is 12.4. The second kappa shape index (κ2) is 9.51. The van der Waals surface area contributed by atoms with Crippen molar-refractivity contribution < 1.29 is 24.3 Å². The van der Waals surface area contributed by atoms with Gasteiger partial charge in [-0.1, -0.05) is 27.7 Å². The third-order valence-corrected chi connectivity index (χ3v) is 4.54. The summed E-state index contributed by atoms with van der Waals surface area (Å²) in [5.41, 5.74) is 5.80. The fourth-order valence-corrected chi connectivity index (χ4v) is 2.78. The quantitative estimate of drug-likeness (QED) is 0.445. The maximum Gasteiger partial charge on any atom is 0.326 e. The zero-order valence-electron chi connectivity index (χ0n) is 15.8. The molecule has 1 rings (SSSR count). The van der Waals surface area contributed by atoms with Gasteiger partial charge in [0, 0.05) is 6.54 Å². The predicted octanol–water partition coefficient (Wildman–Crippen LogP) is -0.698. The van der Waals surface area contributed by atoms with Crippen LogP contribution in [0.4, 0.5) is 0 Å². The van der Waals surface area contributed by atoms with E-state index in [0.717, 1.165) is 0 Å². The van der Waals surface area contributed by atoms with Crippen LogP contribution in [0.25, 0.3) is 0 Å². The van der Waals surface area contributed by atoms with Crippen LogP contribution < -0.4 is 16.4 Å². The van der Waals surface area contributed by atoms with E-state index in [-0.39, 0.29) is 18.4 Å². The van der Waals surface area contributed by atoms with Crippen molar-refractivity contribution in [1.82, 2.24) is 15.5 Å². The van der Waals surface area contributed by atoms with Crippen molar-refractivity contribution in [3.8, 4) is 0 Å². The van der Waals surface area contributed by atoms with E-state index < -0.39 is 41.8 Å². The normalized spacial score (nSPS) is 19.3. The lowest BCUT2D eigenvalue weighted by Gasteiger charge is -2.25. The molecule has 0 aliphatic carbocycles. The summed E-state index contributed by atoms with van der Waals surface area (Å²) in [4.78, 5) is 49.1. The molecule has 1 fully saturated rings. The number of carboxylic acid groups (broad SMARTS) is 1. The number of nitrogens with one attached hydrogen (secondary N) is 2. The van der Waals surface area contributed by atoms with Gasteiger partial charge >= 0.3 is 5.97 Å². The van der Waals surface area contributed by atoms with Crippen LogP contribution in [-0.4, -0.2) is 64.9 Å². The summed E-state index contributed by atoms with van der Waals surface area (Å²) in [6, 6.07) is -2.40. The van der Waals surface area contributed by atoms with Gasteiger partial charge in [0.1, 0.15) is 12.1 Å². The Morgan fingerprint density at radius 3 is 2.23 bits per heavy atom. The van der Waals surface area contributed by atoms with E-state index >= 15 is 0 Å². The van der Waals surface area contributed by atoms with Gasteiger partial charge in [0.15, 0.2) is 0 Å². The van der Waals surface area contributed by atoms with Gasteiger partial charge in [0.25, 0.3) is 0 Å². The highest BCUT2D eigenvalue weighted by molar-refractivity contribution is 5.92. The van der Waals surface area contributed by atoms with Crippen LogP contribution in [0.5, 0.6) is 0 Å². The van der Waals surface area contributed by atoms with Crippen molar-refractivity contribution in [2.45, 2.75) is 58.7 Å². The summed E-state index contributed by atoms with van der Waals surface area (Å²) in [6.07, 6.45) is 1.03. The van der Waals surface area contributed by atoms with Gasteiger partial charge in [0.2, 0.25) is 17.7 Å². The van der Waals surface area contributed by atoms with Gasteiger partial charge in [-0.2, -0.15) is 0 Å². The minimum absolute atomic E-state index is 0.0735. The maximum absolute atomic E-state index is 12.4. The fourth-order valence-electron chi connectivity index (χ4n) is 2.78. The molecule has 5 N–H and O–H groups in total.